The summed E-state index contributed by atoms with van der Waals surface area (Å²) in [6, 6.07) is 12.6. The molecule has 0 unspecified atom stereocenters. The highest BCUT2D eigenvalue weighted by Gasteiger charge is 2.26. The lowest BCUT2D eigenvalue weighted by Gasteiger charge is -2.31. The smallest absolute Gasteiger partial charge is 0.213 e. The molecule has 3 rings (SSSR count). The number of hydrogen-bond donors (Lipinski definition) is 1. The molecule has 1 aromatic heterocycles. The first-order valence-electron chi connectivity index (χ1n) is 8.85. The molecule has 2 aromatic rings. The van der Waals surface area contributed by atoms with Crippen LogP contribution in [0.4, 0.5) is 0 Å². The Balaban J connectivity index is 1.51. The highest BCUT2D eigenvalue weighted by Crippen LogP contribution is 2.23. The number of rotatable bonds is 6. The van der Waals surface area contributed by atoms with Crippen molar-refractivity contribution in [1.82, 2.24) is 9.62 Å². The third-order valence-corrected chi connectivity index (χ3v) is 6.66. The molecule has 1 aliphatic rings. The van der Waals surface area contributed by atoms with Gasteiger partial charge in [0.15, 0.2) is 0 Å². The van der Waals surface area contributed by atoms with Crippen LogP contribution in [0.25, 0.3) is 11.3 Å². The van der Waals surface area contributed by atoms with Crippen LogP contribution < -0.4 is 5.32 Å². The van der Waals surface area contributed by atoms with E-state index in [2.05, 4.69) is 36.5 Å². The minimum atomic E-state index is -3.06. The lowest BCUT2D eigenvalue weighted by atomic mass is 10.1. The average molecular weight is 362 g/mol. The summed E-state index contributed by atoms with van der Waals surface area (Å²) in [7, 11) is -3.06. The van der Waals surface area contributed by atoms with Gasteiger partial charge in [0, 0.05) is 24.7 Å². The summed E-state index contributed by atoms with van der Waals surface area (Å²) in [5.74, 6) is 1.96. The Hall–Kier alpha value is -1.63. The fraction of sp³-hybridized carbons (Fsp3) is 0.474. The van der Waals surface area contributed by atoms with E-state index in [-0.39, 0.29) is 5.75 Å². The number of nitrogens with one attached hydrogen (secondary N) is 1. The number of benzene rings is 1. The molecule has 1 aliphatic heterocycles. The van der Waals surface area contributed by atoms with E-state index < -0.39 is 10.0 Å². The van der Waals surface area contributed by atoms with Crippen LogP contribution in [0.3, 0.4) is 0 Å². The first-order valence-corrected chi connectivity index (χ1v) is 10.5. The average Bonchev–Trinajstić information content (AvgIpc) is 3.10. The molecule has 6 heteroatoms. The van der Waals surface area contributed by atoms with Crippen molar-refractivity contribution in [2.45, 2.75) is 39.3 Å². The maximum atomic E-state index is 11.9. The molecule has 25 heavy (non-hydrogen) atoms. The van der Waals surface area contributed by atoms with E-state index in [1.807, 2.05) is 12.1 Å². The zero-order valence-corrected chi connectivity index (χ0v) is 15.7. The van der Waals surface area contributed by atoms with Crippen molar-refractivity contribution in [3.05, 3.63) is 47.7 Å². The van der Waals surface area contributed by atoms with E-state index in [1.165, 1.54) is 5.56 Å². The number of furan rings is 1. The molecule has 0 aliphatic carbocycles. The molecule has 0 saturated carbocycles. The van der Waals surface area contributed by atoms with Gasteiger partial charge >= 0.3 is 0 Å². The summed E-state index contributed by atoms with van der Waals surface area (Å²) in [4.78, 5) is 0. The second kappa shape index (κ2) is 7.72. The fourth-order valence-corrected chi connectivity index (χ4v) is 4.24. The maximum Gasteiger partial charge on any atom is 0.213 e. The molecule has 5 nitrogen and oxygen atoms in total. The largest absolute Gasteiger partial charge is 0.460 e. The Kier molecular flexibility index (Phi) is 5.61. The second-order valence-corrected chi connectivity index (χ2v) is 8.84. The number of sulfonamides is 1. The maximum absolute atomic E-state index is 11.9. The Morgan fingerprint density at radius 3 is 2.44 bits per heavy atom. The SMILES string of the molecule is CCS(=O)(=O)N1CCC(NCc2ccc(-c3ccc(C)cc3)o2)CC1. The van der Waals surface area contributed by atoms with Gasteiger partial charge in [-0.15, -0.1) is 0 Å². The van der Waals surface area contributed by atoms with E-state index in [0.29, 0.717) is 25.7 Å². The van der Waals surface area contributed by atoms with Gasteiger partial charge in [0.25, 0.3) is 0 Å². The van der Waals surface area contributed by atoms with Crippen molar-refractivity contribution in [2.24, 2.45) is 0 Å². The standard InChI is InChI=1S/C19H26N2O3S/c1-3-25(22,23)21-12-10-17(11-13-21)20-14-18-8-9-19(24-18)16-6-4-15(2)5-7-16/h4-9,17,20H,3,10-14H2,1-2H3. The van der Waals surface area contributed by atoms with Crippen molar-refractivity contribution >= 4 is 10.0 Å². The lowest BCUT2D eigenvalue weighted by Crippen LogP contribution is -2.45. The van der Waals surface area contributed by atoms with Gasteiger partial charge in [-0.3, -0.25) is 0 Å². The Bertz CT molecular complexity index is 788. The Labute approximate surface area is 150 Å². The molecular formula is C19H26N2O3S. The highest BCUT2D eigenvalue weighted by molar-refractivity contribution is 7.89. The molecule has 1 saturated heterocycles. The van der Waals surface area contributed by atoms with Gasteiger partial charge in [-0.05, 0) is 38.8 Å². The van der Waals surface area contributed by atoms with E-state index in [4.69, 9.17) is 4.42 Å². The molecule has 1 N–H and O–H groups in total. The minimum Gasteiger partial charge on any atom is -0.460 e. The monoisotopic (exact) mass is 362 g/mol. The number of nitrogens with zero attached hydrogens (tertiary/aromatic N) is 1. The molecule has 0 amide bonds. The molecule has 0 bridgehead atoms. The minimum absolute atomic E-state index is 0.180. The molecule has 2 heterocycles. The molecular weight excluding hydrogens is 336 g/mol. The van der Waals surface area contributed by atoms with Crippen LogP contribution in [0, 0.1) is 6.92 Å². The van der Waals surface area contributed by atoms with Gasteiger partial charge in [0.05, 0.1) is 12.3 Å². The Morgan fingerprint density at radius 1 is 1.12 bits per heavy atom. The summed E-state index contributed by atoms with van der Waals surface area (Å²) >= 11 is 0. The zero-order chi connectivity index (χ0) is 17.9. The summed E-state index contributed by atoms with van der Waals surface area (Å²) in [5.41, 5.74) is 2.31. The third-order valence-electron chi connectivity index (χ3n) is 4.77. The molecule has 136 valence electrons. The van der Waals surface area contributed by atoms with Crippen LogP contribution in [-0.4, -0.2) is 37.6 Å². The summed E-state index contributed by atoms with van der Waals surface area (Å²) in [5, 5.41) is 3.49. The summed E-state index contributed by atoms with van der Waals surface area (Å²) < 4.78 is 31.3. The van der Waals surface area contributed by atoms with Crippen molar-refractivity contribution < 1.29 is 12.8 Å². The van der Waals surface area contributed by atoms with Crippen molar-refractivity contribution in [3.63, 3.8) is 0 Å². The number of aryl methyl sites for hydroxylation is 1. The fourth-order valence-electron chi connectivity index (χ4n) is 3.11. The second-order valence-electron chi connectivity index (χ2n) is 6.59. The van der Waals surface area contributed by atoms with Crippen molar-refractivity contribution in [1.29, 1.82) is 0 Å². The predicted octanol–water partition coefficient (Wildman–Crippen LogP) is 3.16. The summed E-state index contributed by atoms with van der Waals surface area (Å²) in [6.45, 7) is 5.62. The first kappa shape index (κ1) is 18.2. The molecule has 0 atom stereocenters. The van der Waals surface area contributed by atoms with Gasteiger partial charge in [-0.2, -0.15) is 0 Å². The highest BCUT2D eigenvalue weighted by atomic mass is 32.2. The predicted molar refractivity (Wildman–Crippen MR) is 99.8 cm³/mol. The van der Waals surface area contributed by atoms with E-state index in [1.54, 1.807) is 11.2 Å². The van der Waals surface area contributed by atoms with Crippen molar-refractivity contribution in [2.75, 3.05) is 18.8 Å². The van der Waals surface area contributed by atoms with Crippen LogP contribution >= 0.6 is 0 Å². The third kappa shape index (κ3) is 4.51. The molecule has 0 spiro atoms. The van der Waals surface area contributed by atoms with E-state index in [9.17, 15) is 8.42 Å². The molecule has 1 fully saturated rings. The quantitative estimate of drug-likeness (QED) is 0.857. The topological polar surface area (TPSA) is 62.6 Å². The first-order chi connectivity index (χ1) is 12.0. The number of piperidine rings is 1. The van der Waals surface area contributed by atoms with Gasteiger partial charge in [-0.25, -0.2) is 12.7 Å². The van der Waals surface area contributed by atoms with Gasteiger partial charge in [0.2, 0.25) is 10.0 Å². The van der Waals surface area contributed by atoms with Crippen LogP contribution in [0.1, 0.15) is 31.1 Å². The van der Waals surface area contributed by atoms with Gasteiger partial charge < -0.3 is 9.73 Å². The molecule has 0 radical (unpaired) electrons. The van der Waals surface area contributed by atoms with Crippen LogP contribution in [0.15, 0.2) is 40.8 Å². The number of hydrogen-bond acceptors (Lipinski definition) is 4. The van der Waals surface area contributed by atoms with Gasteiger partial charge in [-0.1, -0.05) is 29.8 Å². The van der Waals surface area contributed by atoms with E-state index in [0.717, 1.165) is 29.9 Å². The normalized spacial score (nSPS) is 17.0. The lowest BCUT2D eigenvalue weighted by molar-refractivity contribution is 0.284. The molecule has 1 aromatic carbocycles. The summed E-state index contributed by atoms with van der Waals surface area (Å²) in [6.07, 6.45) is 1.68. The van der Waals surface area contributed by atoms with Crippen LogP contribution in [0.2, 0.25) is 0 Å². The van der Waals surface area contributed by atoms with Crippen molar-refractivity contribution in [3.8, 4) is 11.3 Å². The van der Waals surface area contributed by atoms with Crippen LogP contribution in [0.5, 0.6) is 0 Å². The van der Waals surface area contributed by atoms with Crippen LogP contribution in [-0.2, 0) is 16.6 Å². The zero-order valence-electron chi connectivity index (χ0n) is 14.9. The van der Waals surface area contributed by atoms with Gasteiger partial charge in [0.1, 0.15) is 11.5 Å². The Morgan fingerprint density at radius 2 is 1.80 bits per heavy atom. The van der Waals surface area contributed by atoms with E-state index >= 15 is 0 Å².